The molecular formula is C11H11F3N2O. The molecule has 6 heteroatoms. The molecular weight excluding hydrogens is 233 g/mol. The fourth-order valence-electron chi connectivity index (χ4n) is 1.92. The normalized spacial score (nSPS) is 14.7. The number of anilines is 2. The van der Waals surface area contributed by atoms with E-state index in [2.05, 4.69) is 5.32 Å². The molecule has 1 heterocycles. The van der Waals surface area contributed by atoms with Gasteiger partial charge in [0.25, 0.3) is 0 Å². The van der Waals surface area contributed by atoms with Gasteiger partial charge in [-0.15, -0.1) is 0 Å². The molecule has 0 spiro atoms. The lowest BCUT2D eigenvalue weighted by atomic mass is 10.1. The third-order valence-electron chi connectivity index (χ3n) is 2.75. The van der Waals surface area contributed by atoms with Gasteiger partial charge in [0.1, 0.15) is 0 Å². The van der Waals surface area contributed by atoms with Crippen molar-refractivity contribution in [2.45, 2.75) is 12.6 Å². The van der Waals surface area contributed by atoms with E-state index in [9.17, 15) is 18.0 Å². The molecule has 0 bridgehead atoms. The predicted molar refractivity (Wildman–Crippen MR) is 58.1 cm³/mol. The van der Waals surface area contributed by atoms with Crippen LogP contribution in [0.5, 0.6) is 0 Å². The Morgan fingerprint density at radius 2 is 2.12 bits per heavy atom. The monoisotopic (exact) mass is 244 g/mol. The van der Waals surface area contributed by atoms with Gasteiger partial charge in [-0.25, -0.2) is 0 Å². The lowest BCUT2D eigenvalue weighted by Gasteiger charge is -2.18. The van der Waals surface area contributed by atoms with Crippen LogP contribution in [0, 0.1) is 0 Å². The SMILES string of the molecule is CNc1ccc2c(c1)CCN2C(=O)C(F)(F)F. The van der Waals surface area contributed by atoms with Crippen molar-refractivity contribution in [1.29, 1.82) is 0 Å². The highest BCUT2D eigenvalue weighted by Crippen LogP contribution is 2.33. The minimum Gasteiger partial charge on any atom is -0.388 e. The van der Waals surface area contributed by atoms with Crippen LogP contribution < -0.4 is 10.2 Å². The van der Waals surface area contributed by atoms with Gasteiger partial charge in [0.15, 0.2) is 0 Å². The molecule has 0 atom stereocenters. The largest absolute Gasteiger partial charge is 0.471 e. The van der Waals surface area contributed by atoms with Crippen molar-refractivity contribution in [1.82, 2.24) is 0 Å². The molecule has 0 radical (unpaired) electrons. The maximum atomic E-state index is 12.3. The third-order valence-corrected chi connectivity index (χ3v) is 2.75. The predicted octanol–water partition coefficient (Wildman–Crippen LogP) is 2.18. The number of hydrogen-bond acceptors (Lipinski definition) is 2. The number of fused-ring (bicyclic) bond motifs is 1. The Balaban J connectivity index is 2.32. The minimum atomic E-state index is -4.82. The van der Waals surface area contributed by atoms with Gasteiger partial charge in [-0.05, 0) is 30.2 Å². The first-order valence-corrected chi connectivity index (χ1v) is 5.13. The summed E-state index contributed by atoms with van der Waals surface area (Å²) in [7, 11) is 1.73. The van der Waals surface area contributed by atoms with Crippen LogP contribution in [0.4, 0.5) is 24.5 Å². The maximum Gasteiger partial charge on any atom is 0.471 e. The summed E-state index contributed by atoms with van der Waals surface area (Å²) in [6, 6.07) is 4.96. The maximum absolute atomic E-state index is 12.3. The average molecular weight is 244 g/mol. The Kier molecular flexibility index (Phi) is 2.73. The van der Waals surface area contributed by atoms with E-state index in [0.29, 0.717) is 12.1 Å². The van der Waals surface area contributed by atoms with Gasteiger partial charge in [-0.2, -0.15) is 13.2 Å². The van der Waals surface area contributed by atoms with Crippen LogP contribution >= 0.6 is 0 Å². The zero-order chi connectivity index (χ0) is 12.6. The molecule has 0 unspecified atom stereocenters. The van der Waals surface area contributed by atoms with Gasteiger partial charge < -0.3 is 10.2 Å². The average Bonchev–Trinajstić information content (AvgIpc) is 2.69. The smallest absolute Gasteiger partial charge is 0.388 e. The van der Waals surface area contributed by atoms with Crippen molar-refractivity contribution in [3.05, 3.63) is 23.8 Å². The van der Waals surface area contributed by atoms with Gasteiger partial charge in [-0.3, -0.25) is 4.79 Å². The van der Waals surface area contributed by atoms with Gasteiger partial charge in [0.05, 0.1) is 0 Å². The molecule has 0 aromatic heterocycles. The van der Waals surface area contributed by atoms with Crippen LogP contribution in [0.25, 0.3) is 0 Å². The Morgan fingerprint density at radius 1 is 1.41 bits per heavy atom. The number of hydrogen-bond donors (Lipinski definition) is 1. The molecule has 1 amide bonds. The van der Waals surface area contributed by atoms with Gasteiger partial charge in [0.2, 0.25) is 0 Å². The lowest BCUT2D eigenvalue weighted by molar-refractivity contribution is -0.170. The van der Waals surface area contributed by atoms with Crippen LogP contribution in [0.2, 0.25) is 0 Å². The molecule has 1 aromatic rings. The van der Waals surface area contributed by atoms with Crippen molar-refractivity contribution < 1.29 is 18.0 Å². The number of benzene rings is 1. The van der Waals surface area contributed by atoms with Crippen LogP contribution in [-0.2, 0) is 11.2 Å². The topological polar surface area (TPSA) is 32.3 Å². The van der Waals surface area contributed by atoms with Crippen LogP contribution in [-0.4, -0.2) is 25.7 Å². The van der Waals surface area contributed by atoms with E-state index in [-0.39, 0.29) is 6.54 Å². The Hall–Kier alpha value is -1.72. The van der Waals surface area contributed by atoms with Crippen LogP contribution in [0.1, 0.15) is 5.56 Å². The first kappa shape index (κ1) is 11.8. The van der Waals surface area contributed by atoms with Crippen LogP contribution in [0.3, 0.4) is 0 Å². The number of alkyl halides is 3. The second-order valence-electron chi connectivity index (χ2n) is 3.80. The van der Waals surface area contributed by atoms with E-state index in [4.69, 9.17) is 0 Å². The Morgan fingerprint density at radius 3 is 2.71 bits per heavy atom. The van der Waals surface area contributed by atoms with E-state index >= 15 is 0 Å². The van der Waals surface area contributed by atoms with Gasteiger partial charge >= 0.3 is 12.1 Å². The van der Waals surface area contributed by atoms with Gasteiger partial charge in [0, 0.05) is 25.0 Å². The molecule has 2 rings (SSSR count). The first-order chi connectivity index (χ1) is 7.93. The highest BCUT2D eigenvalue weighted by molar-refractivity contribution is 5.99. The highest BCUT2D eigenvalue weighted by Gasteiger charge is 2.44. The molecule has 0 fully saturated rings. The second kappa shape index (κ2) is 3.94. The molecule has 0 saturated carbocycles. The number of carbonyl (C=O) groups is 1. The molecule has 1 N–H and O–H groups in total. The summed E-state index contributed by atoms with van der Waals surface area (Å²) in [5, 5.41) is 2.91. The van der Waals surface area contributed by atoms with Crippen molar-refractivity contribution in [3.8, 4) is 0 Å². The molecule has 1 aliphatic rings. The van der Waals surface area contributed by atoms with Crippen molar-refractivity contribution >= 4 is 17.3 Å². The van der Waals surface area contributed by atoms with E-state index in [1.807, 2.05) is 0 Å². The van der Waals surface area contributed by atoms with Gasteiger partial charge in [-0.1, -0.05) is 0 Å². The summed E-state index contributed by atoms with van der Waals surface area (Å²) in [5.41, 5.74) is 1.94. The Labute approximate surface area is 96.2 Å². The number of carbonyl (C=O) groups excluding carboxylic acids is 1. The van der Waals surface area contributed by atoms with Crippen molar-refractivity contribution in [3.63, 3.8) is 0 Å². The molecule has 3 nitrogen and oxygen atoms in total. The lowest BCUT2D eigenvalue weighted by Crippen LogP contribution is -2.40. The fraction of sp³-hybridized carbons (Fsp3) is 0.364. The molecule has 17 heavy (non-hydrogen) atoms. The van der Waals surface area contributed by atoms with E-state index < -0.39 is 12.1 Å². The molecule has 92 valence electrons. The zero-order valence-electron chi connectivity index (χ0n) is 9.14. The minimum absolute atomic E-state index is 0.0842. The summed E-state index contributed by atoms with van der Waals surface area (Å²) in [6.45, 7) is 0.0842. The highest BCUT2D eigenvalue weighted by atomic mass is 19.4. The fourth-order valence-corrected chi connectivity index (χ4v) is 1.92. The summed E-state index contributed by atoms with van der Waals surface area (Å²) in [4.78, 5) is 12.0. The quantitative estimate of drug-likeness (QED) is 0.821. The molecule has 1 aliphatic heterocycles. The van der Waals surface area contributed by atoms with Crippen molar-refractivity contribution in [2.24, 2.45) is 0 Å². The third kappa shape index (κ3) is 2.07. The Bertz CT molecular complexity index is 457. The number of halogens is 3. The second-order valence-corrected chi connectivity index (χ2v) is 3.80. The molecule has 1 aromatic carbocycles. The summed E-state index contributed by atoms with van der Waals surface area (Å²) in [6.07, 6.45) is -4.37. The summed E-state index contributed by atoms with van der Waals surface area (Å²) < 4.78 is 37.0. The number of nitrogens with one attached hydrogen (secondary N) is 1. The first-order valence-electron chi connectivity index (χ1n) is 5.13. The van der Waals surface area contributed by atoms with E-state index in [1.165, 1.54) is 6.07 Å². The standard InChI is InChI=1S/C11H11F3N2O/c1-15-8-2-3-9-7(6-8)4-5-16(9)10(17)11(12,13)14/h2-3,6,15H,4-5H2,1H3. The number of amides is 1. The summed E-state index contributed by atoms with van der Waals surface area (Å²) in [5.74, 6) is -1.80. The number of rotatable bonds is 1. The van der Waals surface area contributed by atoms with E-state index in [0.717, 1.165) is 16.2 Å². The zero-order valence-corrected chi connectivity index (χ0v) is 9.14. The van der Waals surface area contributed by atoms with Crippen molar-refractivity contribution in [2.75, 3.05) is 23.8 Å². The van der Waals surface area contributed by atoms with Crippen LogP contribution in [0.15, 0.2) is 18.2 Å². The number of nitrogens with zero attached hydrogens (tertiary/aromatic N) is 1. The molecule has 0 saturated heterocycles. The van der Waals surface area contributed by atoms with E-state index in [1.54, 1.807) is 19.2 Å². The molecule has 0 aliphatic carbocycles. The summed E-state index contributed by atoms with van der Waals surface area (Å²) >= 11 is 0.